The van der Waals surface area contributed by atoms with Crippen LogP contribution in [0.4, 0.5) is 0 Å². The number of ether oxygens (including phenoxy) is 4. The second-order valence-corrected chi connectivity index (χ2v) is 30.6. The second-order valence-electron chi connectivity index (χ2n) is 27.7. The highest BCUT2D eigenvalue weighted by atomic mass is 31.2. The van der Waals surface area contributed by atoms with Gasteiger partial charge in [0, 0.05) is 25.7 Å². The van der Waals surface area contributed by atoms with Crippen LogP contribution in [0.15, 0.2) is 146 Å². The number of allylic oxidation sites excluding steroid dienone is 24. The molecular formula is C89H150O17P2. The molecule has 17 nitrogen and oxygen atoms in total. The highest BCUT2D eigenvalue weighted by Crippen LogP contribution is 2.45. The summed E-state index contributed by atoms with van der Waals surface area (Å²) in [6.07, 6.45) is 92.5. The molecule has 0 aromatic carbocycles. The van der Waals surface area contributed by atoms with Crippen molar-refractivity contribution >= 4 is 39.5 Å². The number of carbonyl (C=O) groups excluding carboxylic acids is 4. The summed E-state index contributed by atoms with van der Waals surface area (Å²) in [7, 11) is -10.00. The number of unbranched alkanes of at least 4 members (excludes halogenated alkanes) is 28. The SMILES string of the molecule is CC/C=C\C/C=C\C/C=C\C/C=C\C/C=C\C/C=C\CCC(=O)OCC(COP(=O)(O)OCC(O)COP(=O)(O)OCC(COC(=O)CCCCCCCC/C=C\C/C=C\C/C=C\CCCCC)OC(=O)CCCCCCCCCCCCCCCCC)OC(=O)CCCCCCC/C=C\C/C=C\C/C=C\CC. The van der Waals surface area contributed by atoms with Crippen LogP contribution >= 0.6 is 15.6 Å². The minimum atomic E-state index is -5.01. The molecule has 0 rings (SSSR count). The normalized spacial score (nSPS) is 14.5. The summed E-state index contributed by atoms with van der Waals surface area (Å²) in [5, 5.41) is 10.7. The summed E-state index contributed by atoms with van der Waals surface area (Å²) in [4.78, 5) is 73.2. The number of aliphatic hydroxyl groups excluding tert-OH is 1. The minimum absolute atomic E-state index is 0.0285. The van der Waals surface area contributed by atoms with E-state index in [4.69, 9.17) is 37.0 Å². The maximum atomic E-state index is 13.1. The number of hydrogen-bond acceptors (Lipinski definition) is 15. The Morgan fingerprint density at radius 2 is 0.500 bits per heavy atom. The van der Waals surface area contributed by atoms with Crippen molar-refractivity contribution in [2.75, 3.05) is 39.6 Å². The lowest BCUT2D eigenvalue weighted by Crippen LogP contribution is -2.30. The first kappa shape index (κ1) is 103. The van der Waals surface area contributed by atoms with Crippen molar-refractivity contribution in [3.63, 3.8) is 0 Å². The summed E-state index contributed by atoms with van der Waals surface area (Å²) in [5.41, 5.74) is 0. The van der Waals surface area contributed by atoms with Crippen LogP contribution in [0.5, 0.6) is 0 Å². The third-order valence-corrected chi connectivity index (χ3v) is 19.2. The molecule has 0 aliphatic carbocycles. The van der Waals surface area contributed by atoms with E-state index >= 15 is 0 Å². The van der Waals surface area contributed by atoms with Crippen molar-refractivity contribution in [3.8, 4) is 0 Å². The predicted molar refractivity (Wildman–Crippen MR) is 445 cm³/mol. The predicted octanol–water partition coefficient (Wildman–Crippen LogP) is 25.0. The Kier molecular flexibility index (Phi) is 76.3. The van der Waals surface area contributed by atoms with Gasteiger partial charge in [-0.25, -0.2) is 9.13 Å². The van der Waals surface area contributed by atoms with Crippen molar-refractivity contribution < 1.29 is 80.2 Å². The van der Waals surface area contributed by atoms with Crippen LogP contribution in [0.25, 0.3) is 0 Å². The monoisotopic (exact) mass is 1550 g/mol. The zero-order chi connectivity index (χ0) is 78.9. The van der Waals surface area contributed by atoms with Crippen molar-refractivity contribution in [2.45, 2.75) is 354 Å². The average molecular weight is 1550 g/mol. The molecule has 618 valence electrons. The van der Waals surface area contributed by atoms with Gasteiger partial charge in [0.2, 0.25) is 0 Å². The average Bonchev–Trinajstić information content (AvgIpc) is 0.923. The molecule has 0 saturated carbocycles. The first-order chi connectivity index (χ1) is 52.7. The number of phosphoric ester groups is 2. The number of rotatable bonds is 78. The van der Waals surface area contributed by atoms with Crippen LogP contribution < -0.4 is 0 Å². The zero-order valence-electron chi connectivity index (χ0n) is 67.7. The van der Waals surface area contributed by atoms with E-state index in [9.17, 15) is 43.2 Å². The summed E-state index contributed by atoms with van der Waals surface area (Å²) in [6, 6.07) is 0. The van der Waals surface area contributed by atoms with Gasteiger partial charge in [0.05, 0.1) is 26.4 Å². The van der Waals surface area contributed by atoms with Gasteiger partial charge >= 0.3 is 39.5 Å². The number of hydrogen-bond donors (Lipinski definition) is 3. The van der Waals surface area contributed by atoms with E-state index in [1.807, 2.05) is 18.2 Å². The standard InChI is InChI=1S/C89H150O17P2/c1-5-9-13-17-21-25-29-33-37-39-41-43-47-49-53-57-61-65-69-73-86(91)99-79-84(105-88(93)75-71-67-63-59-55-51-45-35-31-27-23-19-15-11-7-3)81-103-107(95,96)101-77-83(90)78-102-108(97,98)104-82-85(106-89(94)76-72-68-64-60-56-52-46-36-32-28-24-20-16-12-8-4)80-100-87(92)74-70-66-62-58-54-50-48-44-42-40-38-34-30-26-22-18-14-10-6-2/h9,11,13,15,21-23,25-27,33-35,37-38,41-45,49,53,61,65,83-85,90H,5-8,10,12,14,16-20,24,28-32,36,39-40,46-48,50-52,54-60,62-64,66-82H2,1-4H3,(H,95,96)(H,97,98)/b13-9-,15-11-,25-21-,26-22-,27-23-,37-33-,38-34-,43-41-,44-42-,45-35-,53-49-,65-61-. The number of carbonyl (C=O) groups is 4. The Morgan fingerprint density at radius 1 is 0.269 bits per heavy atom. The Balaban J connectivity index is 5.44. The molecule has 5 unspecified atom stereocenters. The van der Waals surface area contributed by atoms with Crippen molar-refractivity contribution in [2.24, 2.45) is 0 Å². The summed E-state index contributed by atoms with van der Waals surface area (Å²) < 4.78 is 68.7. The van der Waals surface area contributed by atoms with Gasteiger partial charge in [-0.3, -0.25) is 37.3 Å². The van der Waals surface area contributed by atoms with E-state index in [0.29, 0.717) is 32.1 Å². The number of esters is 4. The molecule has 0 spiro atoms. The molecule has 19 heteroatoms. The Morgan fingerprint density at radius 3 is 0.815 bits per heavy atom. The van der Waals surface area contributed by atoms with Gasteiger partial charge in [-0.05, 0) is 135 Å². The first-order valence-electron chi connectivity index (χ1n) is 42.1. The molecule has 0 radical (unpaired) electrons. The smallest absolute Gasteiger partial charge is 0.462 e. The Labute approximate surface area is 656 Å². The third-order valence-electron chi connectivity index (χ3n) is 17.3. The Hall–Kier alpha value is -5.06. The van der Waals surface area contributed by atoms with Crippen molar-refractivity contribution in [1.29, 1.82) is 0 Å². The zero-order valence-corrected chi connectivity index (χ0v) is 69.5. The number of phosphoric acid groups is 2. The molecule has 0 aromatic heterocycles. The van der Waals surface area contributed by atoms with Gasteiger partial charge in [0.25, 0.3) is 0 Å². The Bertz CT molecular complexity index is 2610. The molecular weight excluding hydrogens is 1400 g/mol. The minimum Gasteiger partial charge on any atom is -0.462 e. The largest absolute Gasteiger partial charge is 0.472 e. The first-order valence-corrected chi connectivity index (χ1v) is 45.1. The van der Waals surface area contributed by atoms with Gasteiger partial charge in [-0.15, -0.1) is 0 Å². The molecule has 0 heterocycles. The van der Waals surface area contributed by atoms with Gasteiger partial charge in [0.15, 0.2) is 12.2 Å². The summed E-state index contributed by atoms with van der Waals surface area (Å²) in [6.45, 7) is 4.54. The van der Waals surface area contributed by atoms with Crippen molar-refractivity contribution in [1.82, 2.24) is 0 Å². The van der Waals surface area contributed by atoms with E-state index in [1.165, 1.54) is 83.5 Å². The van der Waals surface area contributed by atoms with E-state index < -0.39 is 97.5 Å². The van der Waals surface area contributed by atoms with Crippen LogP contribution in [-0.2, 0) is 65.4 Å². The van der Waals surface area contributed by atoms with Crippen LogP contribution in [0, 0.1) is 0 Å². The van der Waals surface area contributed by atoms with E-state index in [1.54, 1.807) is 0 Å². The molecule has 108 heavy (non-hydrogen) atoms. The molecule has 0 bridgehead atoms. The van der Waals surface area contributed by atoms with Crippen LogP contribution in [-0.4, -0.2) is 96.7 Å². The lowest BCUT2D eigenvalue weighted by atomic mass is 10.0. The highest BCUT2D eigenvalue weighted by molar-refractivity contribution is 7.47. The number of aliphatic hydroxyl groups is 1. The summed E-state index contributed by atoms with van der Waals surface area (Å²) >= 11 is 0. The fourth-order valence-electron chi connectivity index (χ4n) is 11.0. The molecule has 0 aromatic rings. The van der Waals surface area contributed by atoms with Crippen LogP contribution in [0.2, 0.25) is 0 Å². The highest BCUT2D eigenvalue weighted by Gasteiger charge is 2.30. The maximum Gasteiger partial charge on any atom is 0.472 e. The lowest BCUT2D eigenvalue weighted by molar-refractivity contribution is -0.161. The molecule has 5 atom stereocenters. The maximum absolute atomic E-state index is 13.1. The summed E-state index contributed by atoms with van der Waals surface area (Å²) in [5.74, 6) is -2.30. The molecule has 0 saturated heterocycles. The molecule has 0 aliphatic rings. The van der Waals surface area contributed by atoms with Gasteiger partial charge in [0.1, 0.15) is 19.3 Å². The van der Waals surface area contributed by atoms with Gasteiger partial charge < -0.3 is 33.8 Å². The fourth-order valence-corrected chi connectivity index (χ4v) is 12.6. The van der Waals surface area contributed by atoms with Crippen LogP contribution in [0.1, 0.15) is 336 Å². The van der Waals surface area contributed by atoms with Gasteiger partial charge in [-0.1, -0.05) is 321 Å². The third kappa shape index (κ3) is 79.0. The lowest BCUT2D eigenvalue weighted by Gasteiger charge is -2.21. The quantitative estimate of drug-likeness (QED) is 0.0169. The van der Waals surface area contributed by atoms with E-state index in [-0.39, 0.29) is 25.7 Å². The molecule has 3 N–H and O–H groups in total. The topological polar surface area (TPSA) is 237 Å². The second kappa shape index (κ2) is 80.0. The van der Waals surface area contributed by atoms with E-state index in [2.05, 4.69) is 155 Å². The van der Waals surface area contributed by atoms with Crippen molar-refractivity contribution in [3.05, 3.63) is 146 Å². The molecule has 0 aliphatic heterocycles. The fraction of sp³-hybridized carbons (Fsp3) is 0.685. The molecule has 0 amide bonds. The van der Waals surface area contributed by atoms with Crippen LogP contribution in [0.3, 0.4) is 0 Å². The van der Waals surface area contributed by atoms with Gasteiger partial charge in [-0.2, -0.15) is 0 Å². The van der Waals surface area contributed by atoms with E-state index in [0.717, 1.165) is 167 Å². The molecule has 0 fully saturated rings.